The fraction of sp³-hybridized carbons (Fsp3) is 0.778. The van der Waals surface area contributed by atoms with E-state index in [1.54, 1.807) is 13.8 Å². The summed E-state index contributed by atoms with van der Waals surface area (Å²) in [5, 5.41) is 11.6. The number of rotatable bonds is 42. The number of nitrogens with one attached hydrogen (secondary N) is 4. The van der Waals surface area contributed by atoms with Gasteiger partial charge in [-0.15, -0.1) is 0 Å². The van der Waals surface area contributed by atoms with E-state index in [0.717, 1.165) is 135 Å². The van der Waals surface area contributed by atoms with Crippen LogP contribution in [0, 0.1) is 23.7 Å². The minimum atomic E-state index is -0.566. The van der Waals surface area contributed by atoms with Gasteiger partial charge in [0.1, 0.15) is 46.8 Å². The van der Waals surface area contributed by atoms with Crippen LogP contribution in [0.2, 0.25) is 0 Å². The molecule has 0 bridgehead atoms. The molecule has 0 saturated carbocycles. The van der Waals surface area contributed by atoms with E-state index >= 15 is 0 Å². The van der Waals surface area contributed by atoms with Gasteiger partial charge in [-0.05, 0) is 163 Å². The van der Waals surface area contributed by atoms with E-state index < -0.39 is 23.4 Å². The first-order chi connectivity index (χ1) is 37.4. The third-order valence-electron chi connectivity index (χ3n) is 13.8. The van der Waals surface area contributed by atoms with Crippen molar-refractivity contribution in [2.75, 3.05) is 52.4 Å². The summed E-state index contributed by atoms with van der Waals surface area (Å²) in [6, 6.07) is 8.42. The molecule has 79 heavy (non-hydrogen) atoms. The molecule has 0 spiro atoms. The highest BCUT2D eigenvalue weighted by Gasteiger charge is 2.20. The highest BCUT2D eigenvalue weighted by molar-refractivity contribution is 5.94. The van der Waals surface area contributed by atoms with Crippen LogP contribution in [0.15, 0.2) is 34.3 Å². The van der Waals surface area contributed by atoms with Crippen molar-refractivity contribution < 1.29 is 43.0 Å². The number of nitrogens with zero attached hydrogens (tertiary/aromatic N) is 3. The summed E-state index contributed by atoms with van der Waals surface area (Å²) in [5.74, 6) is 2.40. The molecule has 1 aromatic rings. The van der Waals surface area contributed by atoms with Gasteiger partial charge in [0.25, 0.3) is 0 Å². The van der Waals surface area contributed by atoms with Crippen LogP contribution in [-0.4, -0.2) is 116 Å². The first-order valence-corrected chi connectivity index (χ1v) is 30.5. The number of aliphatic imine (C=N–C) groups is 2. The molecule has 4 amide bonds. The average molecular weight is 1110 g/mol. The van der Waals surface area contributed by atoms with Gasteiger partial charge in [-0.3, -0.25) is 44.7 Å². The van der Waals surface area contributed by atoms with E-state index in [2.05, 4.69) is 67.3 Å². The second-order valence-corrected chi connectivity index (χ2v) is 24.0. The fourth-order valence-electron chi connectivity index (χ4n) is 8.87. The van der Waals surface area contributed by atoms with Crippen LogP contribution in [0.3, 0.4) is 0 Å². The molecule has 16 nitrogen and oxygen atoms in total. The average Bonchev–Trinajstić information content (AvgIpc) is 3.36. The van der Waals surface area contributed by atoms with E-state index in [1.165, 1.54) is 24.8 Å². The minimum absolute atomic E-state index is 0.00309. The summed E-state index contributed by atoms with van der Waals surface area (Å²) in [6.45, 7) is 29.7. The lowest BCUT2D eigenvalue weighted by molar-refractivity contribution is -0.125. The Balaban J connectivity index is 2.44. The number of unbranched alkanes of at least 4 members (excludes halogenated alkanes) is 8. The predicted octanol–water partition coefficient (Wildman–Crippen LogP) is 12.9. The lowest BCUT2D eigenvalue weighted by Gasteiger charge is -2.23. The zero-order chi connectivity index (χ0) is 59.1. The zero-order valence-electron chi connectivity index (χ0n) is 51.8. The summed E-state index contributed by atoms with van der Waals surface area (Å²) in [5.41, 5.74) is 0.196. The summed E-state index contributed by atoms with van der Waals surface area (Å²) < 4.78 is 16.7. The number of carbonyl (C=O) groups excluding carboxylic acids is 6. The zero-order valence-corrected chi connectivity index (χ0v) is 51.8. The molecule has 4 atom stereocenters. The van der Waals surface area contributed by atoms with Crippen LogP contribution in [0.5, 0.6) is 5.75 Å². The number of hydrogen-bond acceptors (Lipinski definition) is 12. The monoisotopic (exact) mass is 1110 g/mol. The van der Waals surface area contributed by atoms with Crippen molar-refractivity contribution in [3.63, 3.8) is 0 Å². The second-order valence-electron chi connectivity index (χ2n) is 24.0. The van der Waals surface area contributed by atoms with Gasteiger partial charge in [0.05, 0.1) is 0 Å². The Kier molecular flexibility index (Phi) is 38.4. The van der Waals surface area contributed by atoms with Crippen molar-refractivity contribution in [1.82, 2.24) is 26.2 Å². The molecule has 4 N–H and O–H groups in total. The quantitative estimate of drug-likeness (QED) is 0.0277. The number of carbonyl (C=O) groups is 6. The Morgan fingerprint density at radius 1 is 0.519 bits per heavy atom. The van der Waals surface area contributed by atoms with E-state index in [1.807, 2.05) is 69.2 Å². The number of alkyl carbamates (subject to hydrolysis) is 2. The van der Waals surface area contributed by atoms with Gasteiger partial charge < -0.3 is 24.8 Å². The second kappa shape index (κ2) is 42.1. The fourth-order valence-corrected chi connectivity index (χ4v) is 8.87. The Labute approximate surface area is 478 Å². The number of amidine groups is 2. The molecule has 0 radical (unpaired) electrons. The highest BCUT2D eigenvalue weighted by Crippen LogP contribution is 2.19. The number of ether oxygens (including phenoxy) is 3. The number of benzene rings is 1. The lowest BCUT2D eigenvalue weighted by atomic mass is 9.94. The summed E-state index contributed by atoms with van der Waals surface area (Å²) >= 11 is 0. The van der Waals surface area contributed by atoms with Crippen LogP contribution < -0.4 is 26.0 Å². The molecule has 0 aliphatic rings. The summed E-state index contributed by atoms with van der Waals surface area (Å²) in [7, 11) is 0. The number of ketones is 2. The van der Waals surface area contributed by atoms with Gasteiger partial charge in [-0.1, -0.05) is 98.1 Å². The van der Waals surface area contributed by atoms with Gasteiger partial charge in [-0.2, -0.15) is 0 Å². The molecule has 16 heteroatoms. The van der Waals surface area contributed by atoms with E-state index in [0.29, 0.717) is 57.3 Å². The van der Waals surface area contributed by atoms with Gasteiger partial charge in [0, 0.05) is 69.2 Å². The number of Topliss-reactive ketones (excluding diaryl/α,β-unsaturated/α-hetero) is 2. The molecule has 0 aliphatic heterocycles. The van der Waals surface area contributed by atoms with Crippen LogP contribution in [-0.2, 0) is 35.1 Å². The summed E-state index contributed by atoms with van der Waals surface area (Å²) in [4.78, 5) is 86.6. The third kappa shape index (κ3) is 40.0. The van der Waals surface area contributed by atoms with Crippen molar-refractivity contribution in [2.24, 2.45) is 33.7 Å². The van der Waals surface area contributed by atoms with Crippen LogP contribution in [0.1, 0.15) is 230 Å². The Bertz CT molecular complexity index is 1830. The van der Waals surface area contributed by atoms with Gasteiger partial charge in [-0.25, -0.2) is 9.59 Å². The number of aryl methyl sites for hydroxylation is 1. The van der Waals surface area contributed by atoms with Gasteiger partial charge >= 0.3 is 12.2 Å². The molecule has 0 unspecified atom stereocenters. The largest absolute Gasteiger partial charge is 0.492 e. The smallest absolute Gasteiger partial charge is 0.413 e. The highest BCUT2D eigenvalue weighted by atomic mass is 16.6. The van der Waals surface area contributed by atoms with Crippen LogP contribution >= 0.6 is 0 Å². The summed E-state index contributed by atoms with van der Waals surface area (Å²) in [6.07, 6.45) is 18.3. The molecule has 0 heterocycles. The number of hydrogen-bond donors (Lipinski definition) is 4. The van der Waals surface area contributed by atoms with Crippen molar-refractivity contribution >= 4 is 47.2 Å². The SMILES string of the molecule is CCCCCc1ccc(OCCN(CCCNC(=O)[C@@H](C)CCCCCC(=O)[C@@H](C)CCCCN=C(C)NC(=O)OC(C)(C)C)CCCNC(=O)[C@@H](C)CCCCCC(=O)[C@@H](C)CCCCN=C(C)NC(=O)OC(C)(C)C)cc1. The Hall–Kier alpha value is -4.86. The Morgan fingerprint density at radius 3 is 1.35 bits per heavy atom. The standard InChI is InChI=1S/C63H111N7O9/c1-14-15-18-33-54-36-38-55(39-37-54)77-47-46-70(44-27-42-66-58(73)50(4)31-19-16-21-34-56(71)48(2)29-23-25-40-64-52(6)68-60(75)78-62(8,9)10)45-28-43-67-59(74)51(5)32-20-17-22-35-57(72)49(3)30-24-26-41-65-53(7)69-61(76)79-63(11,12)13/h36-39,48-51H,14-35,40-47H2,1-13H3,(H,66,73)(H,67,74)(H,64,68,75)(H,65,69,76)/t48-,49-,50-,51-/m0/s1. The molecular weight excluding hydrogens is 999 g/mol. The van der Waals surface area contributed by atoms with E-state index in [4.69, 9.17) is 14.2 Å². The van der Waals surface area contributed by atoms with Gasteiger partial charge in [0.2, 0.25) is 11.8 Å². The molecule has 1 aromatic carbocycles. The predicted molar refractivity (Wildman–Crippen MR) is 322 cm³/mol. The van der Waals surface area contributed by atoms with E-state index in [-0.39, 0.29) is 47.1 Å². The van der Waals surface area contributed by atoms with Crippen molar-refractivity contribution in [2.45, 2.75) is 242 Å². The Morgan fingerprint density at radius 2 is 0.937 bits per heavy atom. The molecule has 452 valence electrons. The molecular formula is C63H111N7O9. The van der Waals surface area contributed by atoms with Gasteiger partial charge in [0.15, 0.2) is 0 Å². The lowest BCUT2D eigenvalue weighted by Crippen LogP contribution is -2.36. The first-order valence-electron chi connectivity index (χ1n) is 30.5. The van der Waals surface area contributed by atoms with Crippen LogP contribution in [0.4, 0.5) is 9.59 Å². The maximum Gasteiger partial charge on any atom is 0.413 e. The topological polar surface area (TPSA) is 206 Å². The number of amides is 4. The van der Waals surface area contributed by atoms with Crippen LogP contribution in [0.25, 0.3) is 0 Å². The maximum atomic E-state index is 13.0. The molecule has 0 fully saturated rings. The molecule has 0 aromatic heterocycles. The minimum Gasteiger partial charge on any atom is -0.492 e. The molecule has 1 rings (SSSR count). The van der Waals surface area contributed by atoms with E-state index in [9.17, 15) is 28.8 Å². The molecule has 0 saturated heterocycles. The first kappa shape index (κ1) is 72.2. The normalized spacial score (nSPS) is 13.7. The maximum absolute atomic E-state index is 13.0. The van der Waals surface area contributed by atoms with Crippen molar-refractivity contribution in [3.05, 3.63) is 29.8 Å². The van der Waals surface area contributed by atoms with Crippen molar-refractivity contribution in [1.29, 1.82) is 0 Å². The third-order valence-corrected chi connectivity index (χ3v) is 13.8. The van der Waals surface area contributed by atoms with Crippen molar-refractivity contribution in [3.8, 4) is 5.75 Å². The molecule has 0 aliphatic carbocycles.